The highest BCUT2D eigenvalue weighted by molar-refractivity contribution is 14.0. The number of likely N-dealkylation sites (N-methyl/N-ethyl adjacent to an activating group) is 2. The van der Waals surface area contributed by atoms with Crippen LogP contribution in [0.15, 0.2) is 4.99 Å². The van der Waals surface area contributed by atoms with Crippen LogP contribution in [0.5, 0.6) is 0 Å². The number of amides is 1. The Morgan fingerprint density at radius 2 is 2.04 bits per heavy atom. The largest absolute Gasteiger partial charge is 0.380 e. The summed E-state index contributed by atoms with van der Waals surface area (Å²) in [6.07, 6.45) is 3.54. The van der Waals surface area contributed by atoms with Gasteiger partial charge in [-0.1, -0.05) is 20.8 Å². The number of halogens is 1. The van der Waals surface area contributed by atoms with Crippen molar-refractivity contribution >= 4 is 35.8 Å². The van der Waals surface area contributed by atoms with Gasteiger partial charge in [-0.25, -0.2) is 4.99 Å². The molecule has 2 N–H and O–H groups in total. The predicted octanol–water partition coefficient (Wildman–Crippen LogP) is 1.77. The number of ether oxygens (including phenoxy) is 1. The standard InChI is InChI=1S/C19H39N5O2.HI/c1-6-24-11-7-8-17(24)14-21-19(22-15-18(25)23(4)5)20-10-13-26-12-9-16(2)3;/h16-17H,6-15H2,1-5H3,(H2,20,21,22);1H. The Bertz CT molecular complexity index is 432. The molecule has 0 aromatic carbocycles. The van der Waals surface area contributed by atoms with Crippen LogP contribution >= 0.6 is 24.0 Å². The molecule has 1 aliphatic heterocycles. The number of likely N-dealkylation sites (tertiary alicyclic amines) is 1. The fourth-order valence-corrected chi connectivity index (χ4v) is 2.88. The van der Waals surface area contributed by atoms with Gasteiger partial charge in [0.15, 0.2) is 5.96 Å². The number of hydrogen-bond donors (Lipinski definition) is 2. The van der Waals surface area contributed by atoms with Gasteiger partial charge in [-0.3, -0.25) is 9.69 Å². The van der Waals surface area contributed by atoms with E-state index >= 15 is 0 Å². The molecule has 0 aliphatic carbocycles. The molecule has 1 aliphatic rings. The minimum absolute atomic E-state index is 0. The van der Waals surface area contributed by atoms with Crippen molar-refractivity contribution in [2.75, 3.05) is 60.0 Å². The number of guanidine groups is 1. The molecule has 1 saturated heterocycles. The van der Waals surface area contributed by atoms with Gasteiger partial charge in [0.1, 0.15) is 6.54 Å². The van der Waals surface area contributed by atoms with Crippen molar-refractivity contribution in [1.29, 1.82) is 0 Å². The number of carbonyl (C=O) groups excluding carboxylic acids is 1. The van der Waals surface area contributed by atoms with E-state index in [0.29, 0.717) is 31.1 Å². The minimum Gasteiger partial charge on any atom is -0.380 e. The smallest absolute Gasteiger partial charge is 0.243 e. The molecule has 0 aromatic rings. The van der Waals surface area contributed by atoms with Gasteiger partial charge >= 0.3 is 0 Å². The lowest BCUT2D eigenvalue weighted by atomic mass is 10.1. The minimum atomic E-state index is -0.00432. The fraction of sp³-hybridized carbons (Fsp3) is 0.895. The molecule has 0 bridgehead atoms. The number of hydrogen-bond acceptors (Lipinski definition) is 4. The quantitative estimate of drug-likeness (QED) is 0.197. The van der Waals surface area contributed by atoms with Crippen LogP contribution in [0.2, 0.25) is 0 Å². The molecular formula is C19H40IN5O2. The van der Waals surface area contributed by atoms with Gasteiger partial charge < -0.3 is 20.3 Å². The number of carbonyl (C=O) groups is 1. The summed E-state index contributed by atoms with van der Waals surface area (Å²) in [4.78, 5) is 20.3. The van der Waals surface area contributed by atoms with Gasteiger partial charge in [0.05, 0.1) is 6.61 Å². The van der Waals surface area contributed by atoms with Gasteiger partial charge in [-0.05, 0) is 38.3 Å². The lowest BCUT2D eigenvalue weighted by molar-refractivity contribution is -0.127. The maximum absolute atomic E-state index is 11.8. The van der Waals surface area contributed by atoms with Crippen LogP contribution in [0.4, 0.5) is 0 Å². The van der Waals surface area contributed by atoms with Crippen LogP contribution in [0.25, 0.3) is 0 Å². The van der Waals surface area contributed by atoms with E-state index in [1.807, 2.05) is 0 Å². The molecule has 160 valence electrons. The third-order valence-electron chi connectivity index (χ3n) is 4.66. The molecule has 1 amide bonds. The number of aliphatic imine (C=N–C) groups is 1. The van der Waals surface area contributed by atoms with Gasteiger partial charge in [-0.2, -0.15) is 0 Å². The van der Waals surface area contributed by atoms with E-state index < -0.39 is 0 Å². The second-order valence-corrected chi connectivity index (χ2v) is 7.48. The van der Waals surface area contributed by atoms with Gasteiger partial charge in [-0.15, -0.1) is 24.0 Å². The van der Waals surface area contributed by atoms with Crippen molar-refractivity contribution in [2.45, 2.75) is 46.1 Å². The zero-order valence-corrected chi connectivity index (χ0v) is 20.1. The number of rotatable bonds is 11. The molecule has 0 spiro atoms. The van der Waals surface area contributed by atoms with Crippen LogP contribution in [-0.2, 0) is 9.53 Å². The van der Waals surface area contributed by atoms with E-state index in [4.69, 9.17) is 4.74 Å². The lowest BCUT2D eigenvalue weighted by Crippen LogP contribution is -2.46. The number of nitrogens with one attached hydrogen (secondary N) is 2. The zero-order valence-electron chi connectivity index (χ0n) is 17.8. The summed E-state index contributed by atoms with van der Waals surface area (Å²) >= 11 is 0. The highest BCUT2D eigenvalue weighted by Gasteiger charge is 2.22. The van der Waals surface area contributed by atoms with Crippen LogP contribution in [-0.4, -0.2) is 87.7 Å². The maximum Gasteiger partial charge on any atom is 0.243 e. The van der Waals surface area contributed by atoms with Crippen molar-refractivity contribution < 1.29 is 9.53 Å². The second kappa shape index (κ2) is 15.3. The summed E-state index contributed by atoms with van der Waals surface area (Å²) in [5.74, 6) is 1.35. The topological polar surface area (TPSA) is 69.2 Å². The van der Waals surface area contributed by atoms with E-state index in [9.17, 15) is 4.79 Å². The van der Waals surface area contributed by atoms with Crippen molar-refractivity contribution in [2.24, 2.45) is 10.9 Å². The summed E-state index contributed by atoms with van der Waals surface area (Å²) in [7, 11) is 3.50. The fourth-order valence-electron chi connectivity index (χ4n) is 2.88. The molecule has 0 radical (unpaired) electrons. The van der Waals surface area contributed by atoms with Crippen molar-refractivity contribution in [3.05, 3.63) is 0 Å². The van der Waals surface area contributed by atoms with Crippen molar-refractivity contribution in [3.8, 4) is 0 Å². The Hall–Kier alpha value is -0.610. The van der Waals surface area contributed by atoms with Gasteiger partial charge in [0.2, 0.25) is 5.91 Å². The summed E-state index contributed by atoms with van der Waals surface area (Å²) in [5, 5.41) is 6.68. The van der Waals surface area contributed by atoms with E-state index in [1.54, 1.807) is 19.0 Å². The average Bonchev–Trinajstić information content (AvgIpc) is 3.06. The molecule has 1 fully saturated rings. The van der Waals surface area contributed by atoms with Gasteiger partial charge in [0, 0.05) is 39.8 Å². The molecule has 0 aromatic heterocycles. The Morgan fingerprint density at radius 1 is 1.30 bits per heavy atom. The average molecular weight is 497 g/mol. The molecular weight excluding hydrogens is 457 g/mol. The van der Waals surface area contributed by atoms with E-state index in [-0.39, 0.29) is 36.4 Å². The first-order valence-electron chi connectivity index (χ1n) is 9.98. The third-order valence-corrected chi connectivity index (χ3v) is 4.66. The molecule has 1 heterocycles. The predicted molar refractivity (Wildman–Crippen MR) is 123 cm³/mol. The van der Waals surface area contributed by atoms with Crippen molar-refractivity contribution in [1.82, 2.24) is 20.4 Å². The van der Waals surface area contributed by atoms with Crippen LogP contribution < -0.4 is 10.6 Å². The van der Waals surface area contributed by atoms with Crippen molar-refractivity contribution in [3.63, 3.8) is 0 Å². The van der Waals surface area contributed by atoms with Crippen LogP contribution in [0.3, 0.4) is 0 Å². The Kier molecular flexibility index (Phi) is 15.0. The molecule has 0 saturated carbocycles. The monoisotopic (exact) mass is 497 g/mol. The molecule has 27 heavy (non-hydrogen) atoms. The third kappa shape index (κ3) is 11.7. The molecule has 8 heteroatoms. The Labute approximate surface area is 182 Å². The summed E-state index contributed by atoms with van der Waals surface area (Å²) in [6, 6.07) is 0.541. The van der Waals surface area contributed by atoms with E-state index in [2.05, 4.69) is 41.3 Å². The molecule has 1 unspecified atom stereocenters. The van der Waals surface area contributed by atoms with Crippen LogP contribution in [0.1, 0.15) is 40.0 Å². The zero-order chi connectivity index (χ0) is 19.4. The molecule has 1 rings (SSSR count). The summed E-state index contributed by atoms with van der Waals surface area (Å²) < 4.78 is 5.64. The Morgan fingerprint density at radius 3 is 2.67 bits per heavy atom. The number of nitrogens with zero attached hydrogens (tertiary/aromatic N) is 3. The van der Waals surface area contributed by atoms with E-state index in [1.165, 1.54) is 19.4 Å². The first kappa shape index (κ1) is 26.4. The first-order chi connectivity index (χ1) is 12.4. The maximum atomic E-state index is 11.8. The highest BCUT2D eigenvalue weighted by Crippen LogP contribution is 2.15. The first-order valence-corrected chi connectivity index (χ1v) is 9.98. The SMILES string of the molecule is CCN1CCCC1CNC(=NCC(=O)N(C)C)NCCOCCC(C)C.I. The van der Waals surface area contributed by atoms with Crippen LogP contribution in [0, 0.1) is 5.92 Å². The Balaban J connectivity index is 0.00000676. The van der Waals surface area contributed by atoms with Gasteiger partial charge in [0.25, 0.3) is 0 Å². The second-order valence-electron chi connectivity index (χ2n) is 7.48. The summed E-state index contributed by atoms with van der Waals surface area (Å²) in [6.45, 7) is 12.0. The molecule has 7 nitrogen and oxygen atoms in total. The highest BCUT2D eigenvalue weighted by atomic mass is 127. The summed E-state index contributed by atoms with van der Waals surface area (Å²) in [5.41, 5.74) is 0. The molecule has 1 atom stereocenters. The van der Waals surface area contributed by atoms with E-state index in [0.717, 1.165) is 26.1 Å². The lowest BCUT2D eigenvalue weighted by Gasteiger charge is -2.24. The normalized spacial score (nSPS) is 17.7.